The van der Waals surface area contributed by atoms with Crippen LogP contribution in [0, 0.1) is 0 Å². The number of para-hydroxylation sites is 1. The molecule has 0 unspecified atom stereocenters. The first-order valence-electron chi connectivity index (χ1n) is 9.24. The number of hydrogen-bond donors (Lipinski definition) is 1. The van der Waals surface area contributed by atoms with Gasteiger partial charge in [0.25, 0.3) is 5.91 Å². The Morgan fingerprint density at radius 1 is 1.17 bits per heavy atom. The molecule has 2 aromatic carbocycles. The van der Waals surface area contributed by atoms with Gasteiger partial charge in [0.05, 0.1) is 17.1 Å². The highest BCUT2D eigenvalue weighted by Crippen LogP contribution is 2.37. The van der Waals surface area contributed by atoms with E-state index < -0.39 is 29.1 Å². The van der Waals surface area contributed by atoms with Crippen molar-refractivity contribution in [3.05, 3.63) is 75.6 Å². The zero-order valence-corrected chi connectivity index (χ0v) is 15.5. The molecular weight excluding hydrogens is 383 g/mol. The second-order valence-corrected chi connectivity index (χ2v) is 7.19. The van der Waals surface area contributed by atoms with Crippen molar-refractivity contribution in [1.29, 1.82) is 0 Å². The average Bonchev–Trinajstić information content (AvgIpc) is 3.53. The molecule has 150 valence electrons. The predicted molar refractivity (Wildman–Crippen MR) is 101 cm³/mol. The number of benzene rings is 2. The summed E-state index contributed by atoms with van der Waals surface area (Å²) >= 11 is 0. The number of carbonyl (C=O) groups is 1. The summed E-state index contributed by atoms with van der Waals surface area (Å²) in [6.45, 7) is 1.67. The standard InChI is InChI=1S/C21H18F3N3O2/c1-12(13-5-4-6-14(11-13)21(22,23)24)27(15-9-10-15)20(29)18-19(28)16-7-2-3-8-17(16)25-26-18/h2-8,11-12,15H,9-10H2,1H3,(H,25,28)/t12-/m1/s1. The molecule has 1 aromatic heterocycles. The monoisotopic (exact) mass is 401 g/mol. The molecule has 5 nitrogen and oxygen atoms in total. The number of hydrogen-bond acceptors (Lipinski definition) is 3. The zero-order chi connectivity index (χ0) is 20.8. The number of rotatable bonds is 4. The number of nitrogens with zero attached hydrogens (tertiary/aromatic N) is 2. The molecular formula is C21H18F3N3O2. The Morgan fingerprint density at radius 2 is 1.90 bits per heavy atom. The molecule has 1 saturated carbocycles. The van der Waals surface area contributed by atoms with Crippen molar-refractivity contribution in [3.8, 4) is 0 Å². The third-order valence-electron chi connectivity index (χ3n) is 5.17. The largest absolute Gasteiger partial charge is 0.416 e. The highest BCUT2D eigenvalue weighted by molar-refractivity contribution is 5.95. The maximum absolute atomic E-state index is 13.2. The highest BCUT2D eigenvalue weighted by atomic mass is 19.4. The number of aromatic nitrogens is 2. The molecule has 0 radical (unpaired) electrons. The molecule has 0 spiro atoms. The number of nitrogens with one attached hydrogen (secondary N) is 1. The van der Waals surface area contributed by atoms with Crippen molar-refractivity contribution in [2.24, 2.45) is 0 Å². The zero-order valence-electron chi connectivity index (χ0n) is 15.5. The van der Waals surface area contributed by atoms with Gasteiger partial charge in [-0.2, -0.15) is 18.3 Å². The smallest absolute Gasteiger partial charge is 0.327 e. The second-order valence-electron chi connectivity index (χ2n) is 7.19. The van der Waals surface area contributed by atoms with E-state index in [4.69, 9.17) is 0 Å². The number of aromatic amines is 1. The SMILES string of the molecule is C[C@H](c1cccc(C(F)(F)F)c1)N(C(=O)c1n[nH]c2ccccc2c1=O)C1CC1. The lowest BCUT2D eigenvalue weighted by molar-refractivity contribution is -0.137. The van der Waals surface area contributed by atoms with Crippen molar-refractivity contribution in [1.82, 2.24) is 15.1 Å². The molecule has 1 aliphatic rings. The summed E-state index contributed by atoms with van der Waals surface area (Å²) < 4.78 is 39.3. The van der Waals surface area contributed by atoms with E-state index in [2.05, 4.69) is 10.2 Å². The van der Waals surface area contributed by atoms with Crippen molar-refractivity contribution >= 4 is 16.8 Å². The molecule has 0 saturated heterocycles. The number of alkyl halides is 3. The molecule has 8 heteroatoms. The molecule has 4 rings (SSSR count). The molecule has 0 bridgehead atoms. The molecule has 1 N–H and O–H groups in total. The lowest BCUT2D eigenvalue weighted by Gasteiger charge is -2.29. The van der Waals surface area contributed by atoms with Crippen LogP contribution in [0.5, 0.6) is 0 Å². The van der Waals surface area contributed by atoms with Crippen LogP contribution in [-0.2, 0) is 6.18 Å². The van der Waals surface area contributed by atoms with Gasteiger partial charge in [-0.15, -0.1) is 0 Å². The second kappa shape index (κ2) is 7.02. The number of H-pyrrole nitrogens is 1. The summed E-state index contributed by atoms with van der Waals surface area (Å²) in [6, 6.07) is 10.9. The average molecular weight is 401 g/mol. The van der Waals surface area contributed by atoms with Crippen molar-refractivity contribution in [2.45, 2.75) is 38.0 Å². The van der Waals surface area contributed by atoms with E-state index in [0.29, 0.717) is 16.5 Å². The van der Waals surface area contributed by atoms with E-state index in [-0.39, 0.29) is 11.7 Å². The van der Waals surface area contributed by atoms with E-state index in [9.17, 15) is 22.8 Å². The predicted octanol–water partition coefficient (Wildman–Crippen LogP) is 4.31. The van der Waals surface area contributed by atoms with Gasteiger partial charge in [-0.1, -0.05) is 24.3 Å². The number of halogens is 3. The normalized spacial score (nSPS) is 15.3. The Hall–Kier alpha value is -3.16. The summed E-state index contributed by atoms with van der Waals surface area (Å²) in [5.41, 5.74) is -0.650. The van der Waals surface area contributed by atoms with Gasteiger partial charge in [0, 0.05) is 11.4 Å². The van der Waals surface area contributed by atoms with Gasteiger partial charge < -0.3 is 4.90 Å². The van der Waals surface area contributed by atoms with Crippen LogP contribution < -0.4 is 5.43 Å². The van der Waals surface area contributed by atoms with Crippen molar-refractivity contribution < 1.29 is 18.0 Å². The van der Waals surface area contributed by atoms with Crippen LogP contribution in [0.1, 0.15) is 47.4 Å². The lowest BCUT2D eigenvalue weighted by atomic mass is 10.0. The van der Waals surface area contributed by atoms with Gasteiger partial charge in [0.2, 0.25) is 5.43 Å². The van der Waals surface area contributed by atoms with Crippen molar-refractivity contribution in [2.75, 3.05) is 0 Å². The first-order valence-corrected chi connectivity index (χ1v) is 9.24. The van der Waals surface area contributed by atoms with Crippen LogP contribution in [0.15, 0.2) is 53.3 Å². The van der Waals surface area contributed by atoms with E-state index in [1.807, 2.05) is 0 Å². The Balaban J connectivity index is 1.73. The molecule has 29 heavy (non-hydrogen) atoms. The summed E-state index contributed by atoms with van der Waals surface area (Å²) in [6.07, 6.45) is -3.00. The number of fused-ring (bicyclic) bond motifs is 1. The fraction of sp³-hybridized carbons (Fsp3) is 0.286. The summed E-state index contributed by atoms with van der Waals surface area (Å²) in [7, 11) is 0. The fourth-order valence-corrected chi connectivity index (χ4v) is 3.49. The van der Waals surface area contributed by atoms with Gasteiger partial charge in [-0.05, 0) is 49.6 Å². The topological polar surface area (TPSA) is 66.1 Å². The summed E-state index contributed by atoms with van der Waals surface area (Å²) in [4.78, 5) is 27.5. The van der Waals surface area contributed by atoms with Crippen LogP contribution in [0.4, 0.5) is 13.2 Å². The number of amides is 1. The Bertz CT molecular complexity index is 1140. The van der Waals surface area contributed by atoms with Gasteiger partial charge >= 0.3 is 6.18 Å². The Labute approximate surface area is 164 Å². The van der Waals surface area contributed by atoms with Crippen molar-refractivity contribution in [3.63, 3.8) is 0 Å². The van der Waals surface area contributed by atoms with Crippen LogP contribution in [-0.4, -0.2) is 27.0 Å². The molecule has 1 aliphatic carbocycles. The van der Waals surface area contributed by atoms with E-state index in [0.717, 1.165) is 25.0 Å². The third kappa shape index (κ3) is 3.62. The molecule has 1 heterocycles. The molecule has 0 aliphatic heterocycles. The maximum atomic E-state index is 13.2. The first kappa shape index (κ1) is 19.2. The highest BCUT2D eigenvalue weighted by Gasteiger charge is 2.39. The minimum atomic E-state index is -4.47. The van der Waals surface area contributed by atoms with E-state index in [1.54, 1.807) is 37.3 Å². The lowest BCUT2D eigenvalue weighted by Crippen LogP contribution is -2.39. The quantitative estimate of drug-likeness (QED) is 0.709. The van der Waals surface area contributed by atoms with E-state index in [1.165, 1.54) is 11.0 Å². The summed E-state index contributed by atoms with van der Waals surface area (Å²) in [5, 5.41) is 7.02. The Kier molecular flexibility index (Phi) is 4.64. The maximum Gasteiger partial charge on any atom is 0.416 e. The molecule has 1 amide bonds. The van der Waals surface area contributed by atoms with Gasteiger partial charge in [-0.25, -0.2) is 0 Å². The minimum Gasteiger partial charge on any atom is -0.327 e. The minimum absolute atomic E-state index is 0.125. The van der Waals surface area contributed by atoms with Gasteiger partial charge in [-0.3, -0.25) is 14.7 Å². The third-order valence-corrected chi connectivity index (χ3v) is 5.17. The van der Waals surface area contributed by atoms with Crippen LogP contribution in [0.3, 0.4) is 0 Å². The Morgan fingerprint density at radius 3 is 2.59 bits per heavy atom. The molecule has 3 aromatic rings. The number of carbonyl (C=O) groups excluding carboxylic acids is 1. The van der Waals surface area contributed by atoms with Gasteiger partial charge in [0.15, 0.2) is 5.69 Å². The molecule has 1 atom stereocenters. The fourth-order valence-electron chi connectivity index (χ4n) is 3.49. The molecule has 1 fully saturated rings. The van der Waals surface area contributed by atoms with Crippen LogP contribution in [0.2, 0.25) is 0 Å². The first-order chi connectivity index (χ1) is 13.8. The van der Waals surface area contributed by atoms with Crippen LogP contribution >= 0.6 is 0 Å². The van der Waals surface area contributed by atoms with Gasteiger partial charge in [0.1, 0.15) is 0 Å². The van der Waals surface area contributed by atoms with E-state index >= 15 is 0 Å². The summed E-state index contributed by atoms with van der Waals surface area (Å²) in [5.74, 6) is -0.579. The van der Waals surface area contributed by atoms with Crippen LogP contribution in [0.25, 0.3) is 10.9 Å².